The van der Waals surface area contributed by atoms with Gasteiger partial charge in [0, 0.05) is 17.8 Å². The molecule has 1 heterocycles. The molecular weight excluding hydrogens is 271 g/mol. The van der Waals surface area contributed by atoms with Gasteiger partial charge in [0.25, 0.3) is 0 Å². The molecule has 0 aliphatic rings. The number of alkyl halides is 3. The van der Waals surface area contributed by atoms with Crippen LogP contribution in [0.25, 0.3) is 10.9 Å². The van der Waals surface area contributed by atoms with E-state index in [0.29, 0.717) is 23.1 Å². The number of carboxylic acids is 1. The van der Waals surface area contributed by atoms with E-state index in [2.05, 4.69) is 0 Å². The minimum atomic E-state index is -4.41. The Morgan fingerprint density at radius 2 is 2.00 bits per heavy atom. The summed E-state index contributed by atoms with van der Waals surface area (Å²) in [7, 11) is 0. The molecule has 0 saturated heterocycles. The number of hydrogen-bond donors (Lipinski definition) is 1. The Labute approximate surface area is 113 Å². The van der Waals surface area contributed by atoms with E-state index in [9.17, 15) is 18.0 Å². The van der Waals surface area contributed by atoms with Crippen LogP contribution in [0.2, 0.25) is 0 Å². The first-order valence-electron chi connectivity index (χ1n) is 6.19. The second kappa shape index (κ2) is 4.85. The van der Waals surface area contributed by atoms with Crippen LogP contribution in [0.3, 0.4) is 0 Å². The van der Waals surface area contributed by atoms with Crippen molar-refractivity contribution in [3.63, 3.8) is 0 Å². The fraction of sp³-hybridized carbons (Fsp3) is 0.357. The number of aryl methyl sites for hydroxylation is 1. The van der Waals surface area contributed by atoms with Crippen molar-refractivity contribution in [3.05, 3.63) is 35.5 Å². The largest absolute Gasteiger partial charge is 0.481 e. The topological polar surface area (TPSA) is 42.2 Å². The fourth-order valence-electron chi connectivity index (χ4n) is 2.29. The molecule has 0 amide bonds. The molecule has 0 aliphatic carbocycles. The van der Waals surface area contributed by atoms with Crippen LogP contribution in [0.4, 0.5) is 13.2 Å². The number of aliphatic carboxylic acids is 1. The second-order valence-electron chi connectivity index (χ2n) is 4.64. The molecule has 2 rings (SSSR count). The highest BCUT2D eigenvalue weighted by atomic mass is 19.4. The zero-order valence-electron chi connectivity index (χ0n) is 11.0. The van der Waals surface area contributed by atoms with Gasteiger partial charge in [0.15, 0.2) is 0 Å². The number of benzene rings is 1. The molecule has 0 fully saturated rings. The predicted molar refractivity (Wildman–Crippen MR) is 68.7 cm³/mol. The van der Waals surface area contributed by atoms with Gasteiger partial charge in [-0.05, 0) is 37.4 Å². The lowest BCUT2D eigenvalue weighted by atomic mass is 10.1. The van der Waals surface area contributed by atoms with Crippen molar-refractivity contribution in [2.45, 2.75) is 32.5 Å². The van der Waals surface area contributed by atoms with E-state index in [4.69, 9.17) is 5.11 Å². The van der Waals surface area contributed by atoms with Crippen LogP contribution >= 0.6 is 0 Å². The summed E-state index contributed by atoms with van der Waals surface area (Å²) in [5.41, 5.74) is 0.187. The minimum absolute atomic E-state index is 0.408. The molecule has 1 aromatic carbocycles. The number of hydrogen-bond acceptors (Lipinski definition) is 1. The second-order valence-corrected chi connectivity index (χ2v) is 4.64. The fourth-order valence-corrected chi connectivity index (χ4v) is 2.29. The number of carbonyl (C=O) groups is 1. The molecule has 108 valence electrons. The van der Waals surface area contributed by atoms with E-state index in [1.54, 1.807) is 17.6 Å². The molecule has 1 unspecified atom stereocenters. The van der Waals surface area contributed by atoms with Gasteiger partial charge in [0.2, 0.25) is 0 Å². The van der Waals surface area contributed by atoms with Crippen LogP contribution < -0.4 is 0 Å². The first-order chi connectivity index (χ1) is 9.25. The van der Waals surface area contributed by atoms with Gasteiger partial charge >= 0.3 is 12.1 Å². The first kappa shape index (κ1) is 14.4. The summed E-state index contributed by atoms with van der Waals surface area (Å²) >= 11 is 0. The molecule has 0 spiro atoms. The molecule has 1 aromatic heterocycles. The molecule has 6 heteroatoms. The SMILES string of the molecule is CCn1c(C(C)C(=O)O)cc2ccc(C(F)(F)F)cc21. The Morgan fingerprint density at radius 3 is 2.50 bits per heavy atom. The lowest BCUT2D eigenvalue weighted by Gasteiger charge is -2.12. The normalized spacial score (nSPS) is 13.7. The Kier molecular flexibility index (Phi) is 3.50. The average Bonchev–Trinajstić information content (AvgIpc) is 2.73. The minimum Gasteiger partial charge on any atom is -0.481 e. The highest BCUT2D eigenvalue weighted by Gasteiger charge is 2.31. The van der Waals surface area contributed by atoms with Gasteiger partial charge in [-0.25, -0.2) is 0 Å². The van der Waals surface area contributed by atoms with E-state index in [-0.39, 0.29) is 0 Å². The lowest BCUT2D eigenvalue weighted by Crippen LogP contribution is -2.12. The van der Waals surface area contributed by atoms with E-state index in [0.717, 1.165) is 12.1 Å². The maximum atomic E-state index is 12.7. The molecule has 1 N–H and O–H groups in total. The highest BCUT2D eigenvalue weighted by Crippen LogP contribution is 2.33. The summed E-state index contributed by atoms with van der Waals surface area (Å²) in [5, 5.41) is 9.68. The number of nitrogens with zero attached hydrogens (tertiary/aromatic N) is 1. The van der Waals surface area contributed by atoms with Gasteiger partial charge in [-0.1, -0.05) is 6.07 Å². The van der Waals surface area contributed by atoms with Crippen molar-refractivity contribution in [3.8, 4) is 0 Å². The first-order valence-corrected chi connectivity index (χ1v) is 6.19. The van der Waals surface area contributed by atoms with Crippen molar-refractivity contribution >= 4 is 16.9 Å². The number of carboxylic acid groups (broad SMARTS) is 1. The van der Waals surface area contributed by atoms with E-state index < -0.39 is 23.6 Å². The smallest absolute Gasteiger partial charge is 0.416 e. The Balaban J connectivity index is 2.67. The maximum absolute atomic E-state index is 12.7. The van der Waals surface area contributed by atoms with Crippen LogP contribution in [0.15, 0.2) is 24.3 Å². The van der Waals surface area contributed by atoms with Crippen molar-refractivity contribution in [2.75, 3.05) is 0 Å². The zero-order chi connectivity index (χ0) is 15.1. The van der Waals surface area contributed by atoms with E-state index in [1.165, 1.54) is 13.0 Å². The number of halogens is 3. The summed E-state index contributed by atoms with van der Waals surface area (Å²) in [5.74, 6) is -1.77. The Bertz CT molecular complexity index is 658. The molecule has 2 aromatic rings. The summed E-state index contributed by atoms with van der Waals surface area (Å²) in [6.45, 7) is 3.71. The van der Waals surface area contributed by atoms with Crippen LogP contribution in [0.5, 0.6) is 0 Å². The van der Waals surface area contributed by atoms with Crippen LogP contribution in [0, 0.1) is 0 Å². The lowest BCUT2D eigenvalue weighted by molar-refractivity contribution is -0.139. The summed E-state index contributed by atoms with van der Waals surface area (Å²) < 4.78 is 39.8. The maximum Gasteiger partial charge on any atom is 0.416 e. The third-order valence-electron chi connectivity index (χ3n) is 3.39. The van der Waals surface area contributed by atoms with Crippen molar-refractivity contribution in [1.82, 2.24) is 4.57 Å². The molecule has 20 heavy (non-hydrogen) atoms. The van der Waals surface area contributed by atoms with Crippen molar-refractivity contribution < 1.29 is 23.1 Å². The van der Waals surface area contributed by atoms with Crippen LogP contribution in [-0.2, 0) is 17.5 Å². The molecule has 0 radical (unpaired) electrons. The summed E-state index contributed by atoms with van der Waals surface area (Å²) in [4.78, 5) is 11.1. The molecule has 1 atom stereocenters. The standard InChI is InChI=1S/C14H14F3NO2/c1-3-18-11(8(2)13(19)20)6-9-4-5-10(7-12(9)18)14(15,16)17/h4-8H,3H2,1-2H3,(H,19,20). The van der Waals surface area contributed by atoms with Gasteiger partial charge in [-0.15, -0.1) is 0 Å². The third-order valence-corrected chi connectivity index (χ3v) is 3.39. The van der Waals surface area contributed by atoms with Crippen molar-refractivity contribution in [2.24, 2.45) is 0 Å². The number of fused-ring (bicyclic) bond motifs is 1. The summed E-state index contributed by atoms with van der Waals surface area (Å²) in [6.07, 6.45) is -4.41. The van der Waals surface area contributed by atoms with E-state index >= 15 is 0 Å². The van der Waals surface area contributed by atoms with Gasteiger partial charge in [-0.3, -0.25) is 4.79 Å². The Hall–Kier alpha value is -1.98. The number of aromatic nitrogens is 1. The van der Waals surface area contributed by atoms with Crippen molar-refractivity contribution in [1.29, 1.82) is 0 Å². The molecule has 3 nitrogen and oxygen atoms in total. The molecule has 0 bridgehead atoms. The number of rotatable bonds is 3. The van der Waals surface area contributed by atoms with E-state index in [1.807, 2.05) is 0 Å². The summed E-state index contributed by atoms with van der Waals surface area (Å²) in [6, 6.07) is 5.09. The monoisotopic (exact) mass is 285 g/mol. The average molecular weight is 285 g/mol. The zero-order valence-corrected chi connectivity index (χ0v) is 11.0. The third kappa shape index (κ3) is 2.37. The van der Waals surface area contributed by atoms with Crippen LogP contribution in [-0.4, -0.2) is 15.6 Å². The molecular formula is C14H14F3NO2. The molecule has 0 aliphatic heterocycles. The van der Waals surface area contributed by atoms with Gasteiger partial charge in [0.05, 0.1) is 11.5 Å². The Morgan fingerprint density at radius 1 is 1.35 bits per heavy atom. The van der Waals surface area contributed by atoms with Gasteiger partial charge < -0.3 is 9.67 Å². The quantitative estimate of drug-likeness (QED) is 0.930. The van der Waals surface area contributed by atoms with Gasteiger partial charge in [-0.2, -0.15) is 13.2 Å². The predicted octanol–water partition coefficient (Wildman–Crippen LogP) is 3.87. The van der Waals surface area contributed by atoms with Gasteiger partial charge in [0.1, 0.15) is 0 Å². The van der Waals surface area contributed by atoms with Crippen LogP contribution in [0.1, 0.15) is 31.0 Å². The molecule has 0 saturated carbocycles. The highest BCUT2D eigenvalue weighted by molar-refractivity contribution is 5.85.